The number of halogens is 1. The molecular weight excluding hydrogens is 532 g/mol. The van der Waals surface area contributed by atoms with Gasteiger partial charge < -0.3 is 24.2 Å². The number of phenolic OH excluding ortho intramolecular Hbond substituents is 1. The zero-order chi connectivity index (χ0) is 26.0. The predicted octanol–water partition coefficient (Wildman–Crippen LogP) is 4.86. The van der Waals surface area contributed by atoms with Crippen LogP contribution in [0, 0.1) is 5.41 Å². The van der Waals surface area contributed by atoms with E-state index in [0.29, 0.717) is 29.9 Å². The third-order valence-electron chi connectivity index (χ3n) is 6.53. The number of Topliss-reactive ketones (excluding diaryl/α,β-unsaturated/α-hetero) is 1. The number of ketones is 1. The third-order valence-corrected chi connectivity index (χ3v) is 6.53. The van der Waals surface area contributed by atoms with Crippen LogP contribution in [0.15, 0.2) is 66.7 Å². The van der Waals surface area contributed by atoms with E-state index in [1.54, 1.807) is 28.6 Å². The van der Waals surface area contributed by atoms with Crippen molar-refractivity contribution < 1.29 is 15.0 Å². The number of hydrogen-bond acceptors (Lipinski definition) is 5. The summed E-state index contributed by atoms with van der Waals surface area (Å²) in [6.07, 6.45) is 0. The molecule has 4 aromatic rings. The molecule has 0 bridgehead atoms. The highest BCUT2D eigenvalue weighted by molar-refractivity contribution is 8.93. The number of para-hydroxylation sites is 2. The van der Waals surface area contributed by atoms with Crippen molar-refractivity contribution in [3.05, 3.63) is 89.0 Å². The fourth-order valence-corrected chi connectivity index (χ4v) is 4.53. The first kappa shape index (κ1) is 28.2. The minimum atomic E-state index is -0.394. The minimum absolute atomic E-state index is 0. The number of likely N-dealkylation sites (N-methyl/N-ethyl adjacent to an activating group) is 1. The van der Waals surface area contributed by atoms with E-state index in [0.717, 1.165) is 16.6 Å². The van der Waals surface area contributed by atoms with Crippen LogP contribution in [0.1, 0.15) is 42.3 Å². The molecule has 0 aliphatic carbocycles. The van der Waals surface area contributed by atoms with Crippen molar-refractivity contribution in [1.82, 2.24) is 9.13 Å². The quantitative estimate of drug-likeness (QED) is 0.265. The lowest BCUT2D eigenvalue weighted by Gasteiger charge is -2.27. The maximum atomic E-state index is 13.6. The van der Waals surface area contributed by atoms with Crippen molar-refractivity contribution >= 4 is 39.5 Å². The summed E-state index contributed by atoms with van der Waals surface area (Å²) in [5.41, 5.74) is 4.27. The Hall–Kier alpha value is -3.36. The number of rotatable bonds is 8. The summed E-state index contributed by atoms with van der Waals surface area (Å²) in [6.45, 7) is 6.74. The number of nitrogens with one attached hydrogen (secondary N) is 1. The molecule has 0 spiro atoms. The molecular formula is C29H35BrN4O3. The number of nitrogens with zero attached hydrogens (tertiary/aromatic N) is 3. The number of carbonyl (C=O) groups is 1. The lowest BCUT2D eigenvalue weighted by molar-refractivity contribution is 0.0971. The van der Waals surface area contributed by atoms with Crippen LogP contribution in [0.2, 0.25) is 0 Å². The molecule has 0 aliphatic rings. The lowest BCUT2D eigenvalue weighted by Crippen LogP contribution is -2.28. The van der Waals surface area contributed by atoms with Crippen LogP contribution < -0.4 is 10.5 Å². The van der Waals surface area contributed by atoms with E-state index in [1.807, 2.05) is 79.9 Å². The third kappa shape index (κ3) is 5.81. The molecule has 37 heavy (non-hydrogen) atoms. The van der Waals surface area contributed by atoms with Gasteiger partial charge in [0, 0.05) is 24.7 Å². The zero-order valence-corrected chi connectivity index (χ0v) is 23.4. The van der Waals surface area contributed by atoms with Gasteiger partial charge in [0.15, 0.2) is 5.78 Å². The van der Waals surface area contributed by atoms with E-state index < -0.39 is 5.41 Å². The van der Waals surface area contributed by atoms with Gasteiger partial charge in [-0.3, -0.25) is 10.2 Å². The molecule has 4 rings (SSSR count). The normalized spacial score (nSPS) is 11.4. The Morgan fingerprint density at radius 1 is 0.973 bits per heavy atom. The number of anilines is 1. The minimum Gasteiger partial charge on any atom is -0.505 e. The standard InChI is InChI=1S/C29H34N4O3.BrH/c1-29(2,3)22-16-21(17-25(27(22)36)31(4)14-15-34)26(35)19-33-24-13-9-8-12-23(24)32(28(33)30)18-20-10-6-5-7-11-20;/h5-13,16-17,30,34,36H,14-15,18-19H2,1-4H3;1H. The molecule has 0 saturated carbocycles. The topological polar surface area (TPSA) is 94.5 Å². The van der Waals surface area contributed by atoms with Gasteiger partial charge in [-0.1, -0.05) is 63.2 Å². The number of phenols is 1. The molecule has 0 radical (unpaired) electrons. The van der Waals surface area contributed by atoms with Gasteiger partial charge >= 0.3 is 0 Å². The van der Waals surface area contributed by atoms with Crippen LogP contribution in [0.3, 0.4) is 0 Å². The Balaban J connectivity index is 0.00000380. The van der Waals surface area contributed by atoms with Crippen molar-refractivity contribution in [2.24, 2.45) is 0 Å². The van der Waals surface area contributed by atoms with Gasteiger partial charge in [-0.05, 0) is 35.2 Å². The van der Waals surface area contributed by atoms with Crippen LogP contribution in [0.4, 0.5) is 5.69 Å². The Bertz CT molecular complexity index is 1450. The van der Waals surface area contributed by atoms with E-state index in [-0.39, 0.29) is 47.3 Å². The van der Waals surface area contributed by atoms with Crippen molar-refractivity contribution in [3.63, 3.8) is 0 Å². The van der Waals surface area contributed by atoms with Gasteiger partial charge in [0.1, 0.15) is 5.75 Å². The molecule has 7 nitrogen and oxygen atoms in total. The Labute approximate surface area is 227 Å². The SMILES string of the molecule is Br.CN(CCO)c1cc(C(=O)Cn2c(=N)n(Cc3ccccc3)c3ccccc32)cc(C(C)(C)C)c1O. The fourth-order valence-electron chi connectivity index (χ4n) is 4.53. The summed E-state index contributed by atoms with van der Waals surface area (Å²) in [5.74, 6) is -0.0384. The maximum absolute atomic E-state index is 13.6. The molecule has 3 N–H and O–H groups in total. The molecule has 0 atom stereocenters. The van der Waals surface area contributed by atoms with Gasteiger partial charge in [0.25, 0.3) is 0 Å². The van der Waals surface area contributed by atoms with Crippen LogP contribution in [-0.4, -0.2) is 45.3 Å². The highest BCUT2D eigenvalue weighted by Crippen LogP contribution is 2.39. The summed E-state index contributed by atoms with van der Waals surface area (Å²) < 4.78 is 3.65. The number of carbonyl (C=O) groups excluding carboxylic acids is 1. The number of aromatic nitrogens is 2. The monoisotopic (exact) mass is 566 g/mol. The highest BCUT2D eigenvalue weighted by atomic mass is 79.9. The smallest absolute Gasteiger partial charge is 0.203 e. The first-order valence-corrected chi connectivity index (χ1v) is 12.1. The summed E-state index contributed by atoms with van der Waals surface area (Å²) in [6, 6.07) is 21.2. The second-order valence-electron chi connectivity index (χ2n) is 10.2. The van der Waals surface area contributed by atoms with Crippen LogP contribution in [-0.2, 0) is 18.5 Å². The van der Waals surface area contributed by atoms with Gasteiger partial charge in [0.2, 0.25) is 5.62 Å². The van der Waals surface area contributed by atoms with Crippen LogP contribution in [0.5, 0.6) is 5.75 Å². The molecule has 1 aromatic heterocycles. The summed E-state index contributed by atoms with van der Waals surface area (Å²) in [5, 5.41) is 29.3. The van der Waals surface area contributed by atoms with Crippen LogP contribution in [0.25, 0.3) is 11.0 Å². The van der Waals surface area contributed by atoms with E-state index in [4.69, 9.17) is 5.41 Å². The molecule has 3 aromatic carbocycles. The first-order chi connectivity index (χ1) is 17.1. The molecule has 0 unspecified atom stereocenters. The summed E-state index contributed by atoms with van der Waals surface area (Å²) >= 11 is 0. The number of aromatic hydroxyl groups is 1. The van der Waals surface area contributed by atoms with E-state index >= 15 is 0 Å². The van der Waals surface area contributed by atoms with E-state index in [2.05, 4.69) is 0 Å². The van der Waals surface area contributed by atoms with E-state index in [1.165, 1.54) is 0 Å². The second-order valence-corrected chi connectivity index (χ2v) is 10.2. The maximum Gasteiger partial charge on any atom is 0.203 e. The molecule has 0 fully saturated rings. The average molecular weight is 568 g/mol. The van der Waals surface area contributed by atoms with Gasteiger partial charge in [-0.25, -0.2) is 0 Å². The van der Waals surface area contributed by atoms with Crippen molar-refractivity contribution in [3.8, 4) is 5.75 Å². The molecule has 8 heteroatoms. The summed E-state index contributed by atoms with van der Waals surface area (Å²) in [4.78, 5) is 15.4. The Morgan fingerprint density at radius 3 is 2.16 bits per heavy atom. The zero-order valence-electron chi connectivity index (χ0n) is 21.7. The predicted molar refractivity (Wildman–Crippen MR) is 153 cm³/mol. The van der Waals surface area contributed by atoms with Crippen molar-refractivity contribution in [2.75, 3.05) is 25.1 Å². The average Bonchev–Trinajstić information content (AvgIpc) is 3.10. The van der Waals surface area contributed by atoms with Gasteiger partial charge in [-0.2, -0.15) is 0 Å². The van der Waals surface area contributed by atoms with Gasteiger partial charge in [-0.15, -0.1) is 17.0 Å². The number of hydrogen-bond donors (Lipinski definition) is 3. The first-order valence-electron chi connectivity index (χ1n) is 12.1. The second kappa shape index (κ2) is 11.4. The van der Waals surface area contributed by atoms with E-state index in [9.17, 15) is 15.0 Å². The molecule has 1 heterocycles. The molecule has 0 aliphatic heterocycles. The molecule has 196 valence electrons. The molecule has 0 saturated heterocycles. The largest absolute Gasteiger partial charge is 0.505 e. The highest BCUT2D eigenvalue weighted by Gasteiger charge is 2.25. The number of benzene rings is 3. The molecule has 0 amide bonds. The van der Waals surface area contributed by atoms with Crippen molar-refractivity contribution in [1.29, 1.82) is 5.41 Å². The number of aliphatic hydroxyl groups is 1. The summed E-state index contributed by atoms with van der Waals surface area (Å²) in [7, 11) is 1.78. The Morgan fingerprint density at radius 2 is 1.57 bits per heavy atom. The van der Waals surface area contributed by atoms with Crippen molar-refractivity contribution in [2.45, 2.75) is 39.3 Å². The number of fused-ring (bicyclic) bond motifs is 1. The van der Waals surface area contributed by atoms with Gasteiger partial charge in [0.05, 0.1) is 36.4 Å². The number of imidazole rings is 1. The fraction of sp³-hybridized carbons (Fsp3) is 0.310. The van der Waals surface area contributed by atoms with Crippen LogP contribution >= 0.6 is 17.0 Å². The Kier molecular flexibility index (Phi) is 8.66. The number of aliphatic hydroxyl groups excluding tert-OH is 1. The lowest BCUT2D eigenvalue weighted by atomic mass is 9.84.